The summed E-state index contributed by atoms with van der Waals surface area (Å²) in [5.41, 5.74) is 0.316. The number of benzene rings is 1. The molecule has 1 heterocycles. The van der Waals surface area contributed by atoms with Crippen LogP contribution in [0, 0.1) is 0 Å². The van der Waals surface area contributed by atoms with Gasteiger partial charge in [-0.3, -0.25) is 0 Å². The van der Waals surface area contributed by atoms with Gasteiger partial charge in [0, 0.05) is 6.42 Å². The lowest BCUT2D eigenvalue weighted by Gasteiger charge is -2.21. The van der Waals surface area contributed by atoms with Crippen LogP contribution in [0.25, 0.3) is 0 Å². The van der Waals surface area contributed by atoms with E-state index in [2.05, 4.69) is 15.2 Å². The van der Waals surface area contributed by atoms with Crippen molar-refractivity contribution in [3.05, 3.63) is 35.9 Å². The first-order chi connectivity index (χ1) is 10.5. The van der Waals surface area contributed by atoms with E-state index in [1.54, 1.807) is 6.92 Å². The highest BCUT2D eigenvalue weighted by molar-refractivity contribution is 6.36. The first-order valence-corrected chi connectivity index (χ1v) is 6.80. The predicted octanol–water partition coefficient (Wildman–Crippen LogP) is 1.62. The maximum absolute atomic E-state index is 11.7. The number of nitrogens with zero attached hydrogens (tertiary/aromatic N) is 1. The van der Waals surface area contributed by atoms with E-state index in [1.807, 2.05) is 30.3 Å². The smallest absolute Gasteiger partial charge is 0.407 e. The van der Waals surface area contributed by atoms with Crippen molar-refractivity contribution in [2.45, 2.75) is 25.6 Å². The first kappa shape index (κ1) is 15.8. The third kappa shape index (κ3) is 4.21. The molecule has 1 aliphatic rings. The molecule has 0 fully saturated rings. The van der Waals surface area contributed by atoms with E-state index in [9.17, 15) is 9.59 Å². The van der Waals surface area contributed by atoms with Crippen LogP contribution >= 0.6 is 0 Å². The second kappa shape index (κ2) is 6.93. The Labute approximate surface area is 128 Å². The summed E-state index contributed by atoms with van der Waals surface area (Å²) in [6.07, 6.45) is -0.293. The lowest BCUT2D eigenvalue weighted by Crippen LogP contribution is -2.41. The summed E-state index contributed by atoms with van der Waals surface area (Å²) in [5.74, 6) is -0.532. The van der Waals surface area contributed by atoms with Crippen LogP contribution in [0.5, 0.6) is 0 Å². The Morgan fingerprint density at radius 1 is 1.36 bits per heavy atom. The molecule has 1 atom stereocenters. The van der Waals surface area contributed by atoms with Gasteiger partial charge in [-0.25, -0.2) is 9.59 Å². The molecule has 0 saturated carbocycles. The maximum Gasteiger partial charge on any atom is 0.407 e. The molecule has 118 valence electrons. The summed E-state index contributed by atoms with van der Waals surface area (Å²) in [7, 11) is 1.28. The topological polar surface area (TPSA) is 86.2 Å². The summed E-state index contributed by atoms with van der Waals surface area (Å²) in [6.45, 7) is 2.10. The molecular weight excluding hydrogens is 288 g/mol. The molecule has 1 amide bonds. The standard InChI is InChI=1S/C15H18N2O5/c1-15(8-12(17-22-15)13(18)20-2)10-16-14(19)21-9-11-6-4-3-5-7-11/h3-7H,8-10H2,1-2H3,(H,16,19). The van der Waals surface area contributed by atoms with Crippen LogP contribution in [-0.2, 0) is 25.7 Å². The third-order valence-electron chi connectivity index (χ3n) is 3.16. The molecule has 0 radical (unpaired) electrons. The predicted molar refractivity (Wildman–Crippen MR) is 78.2 cm³/mol. The first-order valence-electron chi connectivity index (χ1n) is 6.80. The Morgan fingerprint density at radius 3 is 2.77 bits per heavy atom. The molecule has 0 bridgehead atoms. The summed E-state index contributed by atoms with van der Waals surface area (Å²) in [5, 5.41) is 6.28. The van der Waals surface area contributed by atoms with E-state index in [1.165, 1.54) is 7.11 Å². The monoisotopic (exact) mass is 306 g/mol. The number of esters is 1. The van der Waals surface area contributed by atoms with Crippen molar-refractivity contribution < 1.29 is 23.9 Å². The number of amides is 1. The number of hydrogen-bond acceptors (Lipinski definition) is 6. The molecule has 0 spiro atoms. The van der Waals surface area contributed by atoms with Gasteiger partial charge in [0.25, 0.3) is 0 Å². The van der Waals surface area contributed by atoms with Gasteiger partial charge < -0.3 is 19.6 Å². The van der Waals surface area contributed by atoms with Crippen LogP contribution in [0.3, 0.4) is 0 Å². The zero-order valence-electron chi connectivity index (χ0n) is 12.5. The number of methoxy groups -OCH3 is 1. The molecule has 1 aromatic carbocycles. The average Bonchev–Trinajstić information content (AvgIpc) is 2.94. The molecule has 2 rings (SSSR count). The number of carbonyl (C=O) groups is 2. The number of ether oxygens (including phenoxy) is 2. The van der Waals surface area contributed by atoms with Crippen LogP contribution < -0.4 is 5.32 Å². The van der Waals surface area contributed by atoms with Gasteiger partial charge in [-0.05, 0) is 12.5 Å². The highest BCUT2D eigenvalue weighted by Crippen LogP contribution is 2.23. The molecule has 0 aliphatic carbocycles. The zero-order valence-corrected chi connectivity index (χ0v) is 12.5. The highest BCUT2D eigenvalue weighted by atomic mass is 16.7. The SMILES string of the molecule is COC(=O)C1=NOC(C)(CNC(=O)OCc2ccccc2)C1. The van der Waals surface area contributed by atoms with Gasteiger partial charge in [-0.2, -0.15) is 0 Å². The molecule has 1 aliphatic heterocycles. The summed E-state index contributed by atoms with van der Waals surface area (Å²) >= 11 is 0. The minimum atomic E-state index is -0.782. The van der Waals surface area contributed by atoms with Gasteiger partial charge >= 0.3 is 12.1 Å². The van der Waals surface area contributed by atoms with E-state index in [-0.39, 0.29) is 25.3 Å². The molecule has 22 heavy (non-hydrogen) atoms. The van der Waals surface area contributed by atoms with Crippen molar-refractivity contribution in [1.29, 1.82) is 0 Å². The molecular formula is C15H18N2O5. The average molecular weight is 306 g/mol. The summed E-state index contributed by atoms with van der Waals surface area (Å²) in [6, 6.07) is 9.36. The van der Waals surface area contributed by atoms with Crippen molar-refractivity contribution in [3.8, 4) is 0 Å². The summed E-state index contributed by atoms with van der Waals surface area (Å²) in [4.78, 5) is 28.2. The zero-order chi connectivity index (χ0) is 16.0. The lowest BCUT2D eigenvalue weighted by molar-refractivity contribution is -0.132. The van der Waals surface area contributed by atoms with Gasteiger partial charge in [0.1, 0.15) is 6.61 Å². The molecule has 7 heteroatoms. The Hall–Kier alpha value is -2.57. The van der Waals surface area contributed by atoms with Gasteiger partial charge in [0.2, 0.25) is 0 Å². The van der Waals surface area contributed by atoms with Crippen LogP contribution in [-0.4, -0.2) is 37.0 Å². The third-order valence-corrected chi connectivity index (χ3v) is 3.16. The second-order valence-electron chi connectivity index (χ2n) is 5.16. The number of alkyl carbamates (subject to hydrolysis) is 1. The number of oxime groups is 1. The van der Waals surface area contributed by atoms with Crippen molar-refractivity contribution in [1.82, 2.24) is 5.32 Å². The number of carbonyl (C=O) groups excluding carboxylic acids is 2. The van der Waals surface area contributed by atoms with Crippen LogP contribution in [0.15, 0.2) is 35.5 Å². The van der Waals surface area contributed by atoms with Gasteiger partial charge in [-0.1, -0.05) is 35.5 Å². The van der Waals surface area contributed by atoms with Crippen LogP contribution in [0.1, 0.15) is 18.9 Å². The van der Waals surface area contributed by atoms with Crippen LogP contribution in [0.2, 0.25) is 0 Å². The molecule has 1 aromatic rings. The number of hydrogen-bond donors (Lipinski definition) is 1. The van der Waals surface area contributed by atoms with E-state index in [0.29, 0.717) is 0 Å². The molecule has 7 nitrogen and oxygen atoms in total. The van der Waals surface area contributed by atoms with Gasteiger partial charge in [0.15, 0.2) is 11.3 Å². The minimum absolute atomic E-state index is 0.171. The van der Waals surface area contributed by atoms with E-state index < -0.39 is 17.7 Å². The fourth-order valence-electron chi connectivity index (χ4n) is 1.94. The highest BCUT2D eigenvalue weighted by Gasteiger charge is 2.38. The Bertz CT molecular complexity index is 573. The number of nitrogens with one attached hydrogen (secondary N) is 1. The van der Waals surface area contributed by atoms with Crippen molar-refractivity contribution >= 4 is 17.8 Å². The number of rotatable bonds is 5. The quantitative estimate of drug-likeness (QED) is 0.835. The maximum atomic E-state index is 11.7. The molecule has 1 N–H and O–H groups in total. The molecule has 1 unspecified atom stereocenters. The lowest BCUT2D eigenvalue weighted by atomic mass is 10.00. The summed E-state index contributed by atoms with van der Waals surface area (Å²) < 4.78 is 9.67. The second-order valence-corrected chi connectivity index (χ2v) is 5.16. The minimum Gasteiger partial charge on any atom is -0.464 e. The Balaban J connectivity index is 1.74. The Kier molecular flexibility index (Phi) is 4.98. The van der Waals surface area contributed by atoms with E-state index in [0.717, 1.165) is 5.56 Å². The van der Waals surface area contributed by atoms with E-state index >= 15 is 0 Å². The van der Waals surface area contributed by atoms with E-state index in [4.69, 9.17) is 9.57 Å². The Morgan fingerprint density at radius 2 is 2.09 bits per heavy atom. The normalized spacial score (nSPS) is 19.8. The van der Waals surface area contributed by atoms with Crippen LogP contribution in [0.4, 0.5) is 4.79 Å². The van der Waals surface area contributed by atoms with Gasteiger partial charge in [-0.15, -0.1) is 0 Å². The van der Waals surface area contributed by atoms with Crippen molar-refractivity contribution in [2.75, 3.05) is 13.7 Å². The van der Waals surface area contributed by atoms with Gasteiger partial charge in [0.05, 0.1) is 13.7 Å². The van der Waals surface area contributed by atoms with Crippen molar-refractivity contribution in [2.24, 2.45) is 5.16 Å². The fourth-order valence-corrected chi connectivity index (χ4v) is 1.94. The molecule has 0 saturated heterocycles. The van der Waals surface area contributed by atoms with Crippen molar-refractivity contribution in [3.63, 3.8) is 0 Å². The molecule has 0 aromatic heterocycles. The fraction of sp³-hybridized carbons (Fsp3) is 0.400. The largest absolute Gasteiger partial charge is 0.464 e.